The molecule has 29 heavy (non-hydrogen) atoms. The number of anilines is 1. The minimum absolute atomic E-state index is 0.0279. The number of carbonyl (C=O) groups is 2. The summed E-state index contributed by atoms with van der Waals surface area (Å²) in [6.45, 7) is 1.55. The number of nitriles is 1. The Hall–Kier alpha value is -3.80. The topological polar surface area (TPSA) is 99.4 Å². The molecule has 2 aromatic rings. The molecule has 6 nitrogen and oxygen atoms in total. The summed E-state index contributed by atoms with van der Waals surface area (Å²) in [5.41, 5.74) is -0.711. The van der Waals surface area contributed by atoms with Gasteiger partial charge >= 0.3 is 5.97 Å². The standard InChI is InChI=1S/C20H15F3N2O4/c1-3-17(26)14(9-24)19(27)25-11-4-5-12(13(8-11)20(28)29-2)10-6-15(21)18(23)16(22)7-10/h4-8,26H,3H2,1-2H3,(H,25,27)/b17-14-. The molecule has 0 unspecified atom stereocenters. The number of benzene rings is 2. The Morgan fingerprint density at radius 3 is 2.31 bits per heavy atom. The van der Waals surface area contributed by atoms with Crippen LogP contribution in [0.5, 0.6) is 0 Å². The predicted molar refractivity (Wildman–Crippen MR) is 97.3 cm³/mol. The van der Waals surface area contributed by atoms with E-state index in [9.17, 15) is 27.9 Å². The van der Waals surface area contributed by atoms with Crippen LogP contribution >= 0.6 is 0 Å². The second kappa shape index (κ2) is 8.93. The number of allylic oxidation sites excluding steroid dienone is 1. The van der Waals surface area contributed by atoms with Gasteiger partial charge in [-0.3, -0.25) is 4.79 Å². The summed E-state index contributed by atoms with van der Waals surface area (Å²) in [5, 5.41) is 21.0. The molecule has 0 radical (unpaired) electrons. The second-order valence-corrected chi connectivity index (χ2v) is 5.75. The average Bonchev–Trinajstić information content (AvgIpc) is 2.71. The molecule has 0 fully saturated rings. The first-order valence-electron chi connectivity index (χ1n) is 8.24. The number of esters is 1. The van der Waals surface area contributed by atoms with E-state index in [0.717, 1.165) is 13.2 Å². The van der Waals surface area contributed by atoms with Crippen molar-refractivity contribution >= 4 is 17.6 Å². The van der Waals surface area contributed by atoms with Crippen LogP contribution in [0.2, 0.25) is 0 Å². The molecule has 0 heterocycles. The maximum atomic E-state index is 13.6. The molecular formula is C20H15F3N2O4. The predicted octanol–water partition coefficient (Wildman–Crippen LogP) is 4.24. The van der Waals surface area contributed by atoms with E-state index in [1.54, 1.807) is 13.0 Å². The summed E-state index contributed by atoms with van der Waals surface area (Å²) in [7, 11) is 1.08. The molecular weight excluding hydrogens is 389 g/mol. The average molecular weight is 404 g/mol. The number of halogens is 3. The molecule has 0 aliphatic heterocycles. The van der Waals surface area contributed by atoms with E-state index in [2.05, 4.69) is 10.1 Å². The highest BCUT2D eigenvalue weighted by atomic mass is 19.2. The van der Waals surface area contributed by atoms with Gasteiger partial charge in [0.05, 0.1) is 12.7 Å². The fourth-order valence-corrected chi connectivity index (χ4v) is 2.48. The lowest BCUT2D eigenvalue weighted by Crippen LogP contribution is -2.16. The van der Waals surface area contributed by atoms with E-state index in [-0.39, 0.29) is 28.8 Å². The summed E-state index contributed by atoms with van der Waals surface area (Å²) >= 11 is 0. The van der Waals surface area contributed by atoms with Gasteiger partial charge in [0.2, 0.25) is 0 Å². The molecule has 0 atom stereocenters. The number of ether oxygens (including phenoxy) is 1. The first-order valence-corrected chi connectivity index (χ1v) is 8.24. The monoisotopic (exact) mass is 404 g/mol. The van der Waals surface area contributed by atoms with Gasteiger partial charge in [-0.25, -0.2) is 18.0 Å². The lowest BCUT2D eigenvalue weighted by molar-refractivity contribution is -0.112. The van der Waals surface area contributed by atoms with E-state index in [1.807, 2.05) is 0 Å². The van der Waals surface area contributed by atoms with E-state index in [1.165, 1.54) is 12.1 Å². The molecule has 2 rings (SSSR count). The zero-order chi connectivity index (χ0) is 21.7. The number of aliphatic hydroxyl groups excluding tert-OH is 1. The number of rotatable bonds is 5. The van der Waals surface area contributed by atoms with Crippen molar-refractivity contribution in [3.05, 3.63) is 64.7 Å². The fourth-order valence-electron chi connectivity index (χ4n) is 2.48. The van der Waals surface area contributed by atoms with Gasteiger partial charge in [0, 0.05) is 12.1 Å². The van der Waals surface area contributed by atoms with E-state index < -0.39 is 40.7 Å². The van der Waals surface area contributed by atoms with Gasteiger partial charge in [0.15, 0.2) is 23.0 Å². The first-order chi connectivity index (χ1) is 13.7. The number of aliphatic hydroxyl groups is 1. The van der Waals surface area contributed by atoms with Crippen LogP contribution in [0, 0.1) is 28.8 Å². The molecule has 2 aromatic carbocycles. The van der Waals surface area contributed by atoms with Crippen molar-refractivity contribution in [3.8, 4) is 17.2 Å². The zero-order valence-corrected chi connectivity index (χ0v) is 15.3. The number of methoxy groups -OCH3 is 1. The van der Waals surface area contributed by atoms with Crippen LogP contribution in [-0.4, -0.2) is 24.1 Å². The maximum Gasteiger partial charge on any atom is 0.338 e. The van der Waals surface area contributed by atoms with Crippen LogP contribution < -0.4 is 5.32 Å². The van der Waals surface area contributed by atoms with E-state index >= 15 is 0 Å². The van der Waals surface area contributed by atoms with Crippen molar-refractivity contribution in [3.63, 3.8) is 0 Å². The van der Waals surface area contributed by atoms with Crippen molar-refractivity contribution < 1.29 is 32.6 Å². The third kappa shape index (κ3) is 4.55. The van der Waals surface area contributed by atoms with Gasteiger partial charge in [-0.15, -0.1) is 0 Å². The summed E-state index contributed by atoms with van der Waals surface area (Å²) in [4.78, 5) is 24.3. The summed E-state index contributed by atoms with van der Waals surface area (Å²) < 4.78 is 45.0. The third-order valence-corrected chi connectivity index (χ3v) is 3.94. The van der Waals surface area contributed by atoms with Crippen molar-refractivity contribution in [1.82, 2.24) is 0 Å². The van der Waals surface area contributed by atoms with Crippen LogP contribution in [0.3, 0.4) is 0 Å². The highest BCUT2D eigenvalue weighted by molar-refractivity contribution is 6.08. The van der Waals surface area contributed by atoms with Gasteiger partial charge in [-0.2, -0.15) is 5.26 Å². The lowest BCUT2D eigenvalue weighted by Gasteiger charge is -2.12. The Balaban J connectivity index is 2.52. The van der Waals surface area contributed by atoms with Crippen LogP contribution in [0.25, 0.3) is 11.1 Å². The summed E-state index contributed by atoms with van der Waals surface area (Å²) in [5.74, 6) is -6.72. The number of hydrogen-bond donors (Lipinski definition) is 2. The molecule has 0 aliphatic carbocycles. The molecule has 0 saturated heterocycles. The molecule has 0 aromatic heterocycles. The maximum absolute atomic E-state index is 13.6. The van der Waals surface area contributed by atoms with Crippen LogP contribution in [-0.2, 0) is 9.53 Å². The molecule has 0 spiro atoms. The molecule has 9 heteroatoms. The fraction of sp³-hybridized carbons (Fsp3) is 0.150. The quantitative estimate of drug-likeness (QED) is 0.255. The smallest absolute Gasteiger partial charge is 0.338 e. The molecule has 150 valence electrons. The Kier molecular flexibility index (Phi) is 6.62. The normalized spacial score (nSPS) is 11.3. The van der Waals surface area contributed by atoms with Crippen LogP contribution in [0.4, 0.5) is 18.9 Å². The van der Waals surface area contributed by atoms with E-state index in [0.29, 0.717) is 12.1 Å². The van der Waals surface area contributed by atoms with Gasteiger partial charge in [0.1, 0.15) is 11.8 Å². The van der Waals surface area contributed by atoms with E-state index in [4.69, 9.17) is 5.26 Å². The number of nitrogens with one attached hydrogen (secondary N) is 1. The highest BCUT2D eigenvalue weighted by Gasteiger charge is 2.20. The number of carbonyl (C=O) groups excluding carboxylic acids is 2. The van der Waals surface area contributed by atoms with Crippen molar-refractivity contribution in [2.75, 3.05) is 12.4 Å². The Morgan fingerprint density at radius 1 is 1.17 bits per heavy atom. The van der Waals surface area contributed by atoms with Gasteiger partial charge < -0.3 is 15.2 Å². The first kappa shape index (κ1) is 21.5. The molecule has 0 saturated carbocycles. The summed E-state index contributed by atoms with van der Waals surface area (Å²) in [6.07, 6.45) is 0.0599. The molecule has 1 amide bonds. The lowest BCUT2D eigenvalue weighted by atomic mass is 9.98. The molecule has 0 aliphatic rings. The Bertz CT molecular complexity index is 1040. The summed E-state index contributed by atoms with van der Waals surface area (Å²) in [6, 6.07) is 6.75. The second-order valence-electron chi connectivity index (χ2n) is 5.75. The third-order valence-electron chi connectivity index (χ3n) is 3.94. The van der Waals surface area contributed by atoms with Gasteiger partial charge in [-0.05, 0) is 35.4 Å². The van der Waals surface area contributed by atoms with Gasteiger partial charge in [-0.1, -0.05) is 13.0 Å². The van der Waals surface area contributed by atoms with Crippen molar-refractivity contribution in [2.24, 2.45) is 0 Å². The van der Waals surface area contributed by atoms with Crippen LogP contribution in [0.1, 0.15) is 23.7 Å². The minimum atomic E-state index is -1.65. The number of nitrogens with zero attached hydrogens (tertiary/aromatic N) is 1. The molecule has 2 N–H and O–H groups in total. The van der Waals surface area contributed by atoms with Crippen molar-refractivity contribution in [1.29, 1.82) is 5.26 Å². The number of hydrogen-bond acceptors (Lipinski definition) is 5. The zero-order valence-electron chi connectivity index (χ0n) is 15.3. The Labute approximate surface area is 163 Å². The van der Waals surface area contributed by atoms with Crippen molar-refractivity contribution in [2.45, 2.75) is 13.3 Å². The largest absolute Gasteiger partial charge is 0.511 e. The minimum Gasteiger partial charge on any atom is -0.511 e. The van der Waals surface area contributed by atoms with Gasteiger partial charge in [0.25, 0.3) is 5.91 Å². The SMILES string of the molecule is CC/C(O)=C(\C#N)C(=O)Nc1ccc(-c2cc(F)c(F)c(F)c2)c(C(=O)OC)c1. The number of amides is 1. The van der Waals surface area contributed by atoms with Crippen LogP contribution in [0.15, 0.2) is 41.7 Å². The molecule has 0 bridgehead atoms. The Morgan fingerprint density at radius 2 is 1.79 bits per heavy atom. The highest BCUT2D eigenvalue weighted by Crippen LogP contribution is 2.30.